The fourth-order valence-electron chi connectivity index (χ4n) is 3.33. The molecule has 0 spiro atoms. The molecule has 2 N–H and O–H groups in total. The average molecular weight is 382 g/mol. The van der Waals surface area contributed by atoms with Gasteiger partial charge in [0.2, 0.25) is 11.7 Å². The fourth-order valence-corrected chi connectivity index (χ4v) is 3.33. The van der Waals surface area contributed by atoms with Crippen molar-refractivity contribution >= 4 is 23.6 Å². The number of hydrogen-bond donors (Lipinski definition) is 1. The number of benzene rings is 2. The van der Waals surface area contributed by atoms with E-state index in [0.29, 0.717) is 34.9 Å². The Morgan fingerprint density at radius 1 is 1.07 bits per heavy atom. The summed E-state index contributed by atoms with van der Waals surface area (Å²) in [4.78, 5) is 26.2. The second-order valence-electron chi connectivity index (χ2n) is 6.25. The molecule has 2 aromatic carbocycles. The number of methoxy groups -OCH3 is 3. The number of nitrogens with zero attached hydrogens (tertiary/aromatic N) is 1. The first-order valence-electron chi connectivity index (χ1n) is 8.68. The lowest BCUT2D eigenvalue weighted by molar-refractivity contribution is -0.122. The van der Waals surface area contributed by atoms with E-state index in [0.717, 1.165) is 5.56 Å². The quantitative estimate of drug-likeness (QED) is 0.773. The molecule has 146 valence electrons. The molecule has 1 heterocycles. The molecule has 2 aromatic rings. The van der Waals surface area contributed by atoms with Crippen LogP contribution in [-0.4, -0.2) is 39.2 Å². The van der Waals surface area contributed by atoms with E-state index < -0.39 is 11.9 Å². The molecule has 28 heavy (non-hydrogen) atoms. The maximum absolute atomic E-state index is 12.9. The number of anilines is 1. The molecule has 7 heteroatoms. The number of hydrogen-bond acceptors (Lipinski definition) is 5. The summed E-state index contributed by atoms with van der Waals surface area (Å²) in [6.07, 6.45) is 3.44. The Hall–Kier alpha value is -3.48. The average Bonchev–Trinajstić information content (AvgIpc) is 3.11. The van der Waals surface area contributed by atoms with Gasteiger partial charge < -0.3 is 19.9 Å². The normalized spacial score (nSPS) is 15.4. The Bertz CT molecular complexity index is 913. The van der Waals surface area contributed by atoms with Gasteiger partial charge in [-0.1, -0.05) is 18.2 Å². The third-order valence-electron chi connectivity index (χ3n) is 4.65. The molecule has 0 saturated carbocycles. The summed E-state index contributed by atoms with van der Waals surface area (Å²) in [6.45, 7) is 0. The molecule has 0 aliphatic carbocycles. The van der Waals surface area contributed by atoms with E-state index in [2.05, 4.69) is 0 Å². The molecule has 7 nitrogen and oxygen atoms in total. The number of ether oxygens (including phenoxy) is 3. The lowest BCUT2D eigenvalue weighted by atomic mass is 10.1. The monoisotopic (exact) mass is 382 g/mol. The molecular formula is C21H22N2O5. The van der Waals surface area contributed by atoms with Crippen molar-refractivity contribution in [1.29, 1.82) is 0 Å². The molecule has 0 aromatic heterocycles. The van der Waals surface area contributed by atoms with Crippen LogP contribution in [0.4, 0.5) is 5.69 Å². The Kier molecular flexibility index (Phi) is 5.54. The van der Waals surface area contributed by atoms with Gasteiger partial charge in [0.25, 0.3) is 5.91 Å². The van der Waals surface area contributed by atoms with Crippen molar-refractivity contribution in [3.8, 4) is 17.2 Å². The first-order valence-corrected chi connectivity index (χ1v) is 8.68. The number of fused-ring (bicyclic) bond motifs is 1. The van der Waals surface area contributed by atoms with E-state index in [1.807, 2.05) is 24.3 Å². The number of nitrogens with two attached hydrogens (primary N) is 1. The van der Waals surface area contributed by atoms with Gasteiger partial charge in [-0.25, -0.2) is 0 Å². The van der Waals surface area contributed by atoms with Gasteiger partial charge in [-0.3, -0.25) is 14.5 Å². The molecule has 1 aliphatic rings. The van der Waals surface area contributed by atoms with Crippen molar-refractivity contribution in [2.24, 2.45) is 5.73 Å². The summed E-state index contributed by atoms with van der Waals surface area (Å²) in [5.41, 5.74) is 7.82. The molecule has 1 unspecified atom stereocenters. The van der Waals surface area contributed by atoms with Crippen LogP contribution in [0.1, 0.15) is 11.1 Å². The van der Waals surface area contributed by atoms with Gasteiger partial charge in [0.05, 0.1) is 21.3 Å². The van der Waals surface area contributed by atoms with Gasteiger partial charge in [0.1, 0.15) is 6.04 Å². The second kappa shape index (κ2) is 8.04. The minimum Gasteiger partial charge on any atom is -0.493 e. The van der Waals surface area contributed by atoms with Crippen molar-refractivity contribution in [3.63, 3.8) is 0 Å². The predicted molar refractivity (Wildman–Crippen MR) is 106 cm³/mol. The van der Waals surface area contributed by atoms with Crippen LogP contribution in [0, 0.1) is 0 Å². The first-order chi connectivity index (χ1) is 13.5. The summed E-state index contributed by atoms with van der Waals surface area (Å²) in [5, 5.41) is 0. The summed E-state index contributed by atoms with van der Waals surface area (Å²) < 4.78 is 16.0. The van der Waals surface area contributed by atoms with Crippen LogP contribution < -0.4 is 24.8 Å². The van der Waals surface area contributed by atoms with E-state index in [4.69, 9.17) is 19.9 Å². The largest absolute Gasteiger partial charge is 0.493 e. The van der Waals surface area contributed by atoms with Crippen LogP contribution in [0.2, 0.25) is 0 Å². The van der Waals surface area contributed by atoms with Crippen LogP contribution in [0.5, 0.6) is 17.2 Å². The Labute approximate surface area is 163 Å². The van der Waals surface area contributed by atoms with Crippen LogP contribution >= 0.6 is 0 Å². The number of primary amides is 1. The number of amides is 2. The third-order valence-corrected chi connectivity index (χ3v) is 4.65. The van der Waals surface area contributed by atoms with E-state index in [-0.39, 0.29) is 5.91 Å². The van der Waals surface area contributed by atoms with E-state index in [1.54, 1.807) is 18.2 Å². The molecular weight excluding hydrogens is 360 g/mol. The lowest BCUT2D eigenvalue weighted by Gasteiger charge is -2.21. The SMILES string of the molecule is COc1cc(/C=C\C(=O)N2c3ccccc3CC2C(N)=O)cc(OC)c1OC. The molecule has 0 saturated heterocycles. The highest BCUT2D eigenvalue weighted by molar-refractivity contribution is 6.09. The van der Waals surface area contributed by atoms with Gasteiger partial charge in [0, 0.05) is 18.2 Å². The predicted octanol–water partition coefficient (Wildman–Crippen LogP) is 2.17. The summed E-state index contributed by atoms with van der Waals surface area (Å²) in [6, 6.07) is 10.2. The van der Waals surface area contributed by atoms with Crippen LogP contribution in [-0.2, 0) is 16.0 Å². The van der Waals surface area contributed by atoms with E-state index >= 15 is 0 Å². The van der Waals surface area contributed by atoms with Gasteiger partial charge >= 0.3 is 0 Å². The van der Waals surface area contributed by atoms with Gasteiger partial charge in [-0.05, 0) is 35.4 Å². The smallest absolute Gasteiger partial charge is 0.251 e. The third kappa shape index (κ3) is 3.51. The van der Waals surface area contributed by atoms with E-state index in [1.165, 1.54) is 32.3 Å². The standard InChI is InChI=1S/C21H22N2O5/c1-26-17-10-13(11-18(27-2)20(17)28-3)8-9-19(24)23-15-7-5-4-6-14(15)12-16(23)21(22)25/h4-11,16H,12H2,1-3H3,(H2,22,25)/b9-8-. The van der Waals surface area contributed by atoms with Crippen molar-refractivity contribution in [3.05, 3.63) is 53.6 Å². The lowest BCUT2D eigenvalue weighted by Crippen LogP contribution is -2.45. The Morgan fingerprint density at radius 2 is 1.71 bits per heavy atom. The summed E-state index contributed by atoms with van der Waals surface area (Å²) in [7, 11) is 4.57. The zero-order chi connectivity index (χ0) is 20.3. The molecule has 0 bridgehead atoms. The van der Waals surface area contributed by atoms with Gasteiger partial charge in [-0.15, -0.1) is 0 Å². The number of para-hydroxylation sites is 1. The van der Waals surface area contributed by atoms with Gasteiger partial charge in [-0.2, -0.15) is 0 Å². The molecule has 1 atom stereocenters. The van der Waals surface area contributed by atoms with E-state index in [9.17, 15) is 9.59 Å². The maximum Gasteiger partial charge on any atom is 0.251 e. The fraction of sp³-hybridized carbons (Fsp3) is 0.238. The maximum atomic E-state index is 12.9. The van der Waals surface area contributed by atoms with Gasteiger partial charge in [0.15, 0.2) is 11.5 Å². The number of carbonyl (C=O) groups excluding carboxylic acids is 2. The highest BCUT2D eigenvalue weighted by Gasteiger charge is 2.36. The molecule has 0 fully saturated rings. The zero-order valence-corrected chi connectivity index (χ0v) is 16.0. The highest BCUT2D eigenvalue weighted by atomic mass is 16.5. The van der Waals surface area contributed by atoms with Crippen molar-refractivity contribution < 1.29 is 23.8 Å². The number of carbonyl (C=O) groups is 2. The van der Waals surface area contributed by atoms with Crippen LogP contribution in [0.25, 0.3) is 6.08 Å². The zero-order valence-electron chi connectivity index (χ0n) is 16.0. The van der Waals surface area contributed by atoms with Crippen molar-refractivity contribution in [2.75, 3.05) is 26.2 Å². The van der Waals surface area contributed by atoms with Crippen molar-refractivity contribution in [1.82, 2.24) is 0 Å². The Balaban J connectivity index is 1.92. The second-order valence-corrected chi connectivity index (χ2v) is 6.25. The minimum absolute atomic E-state index is 0.331. The first kappa shape index (κ1) is 19.3. The summed E-state index contributed by atoms with van der Waals surface area (Å²) in [5.74, 6) is 0.565. The summed E-state index contributed by atoms with van der Waals surface area (Å²) >= 11 is 0. The number of rotatable bonds is 6. The van der Waals surface area contributed by atoms with Crippen LogP contribution in [0.15, 0.2) is 42.5 Å². The van der Waals surface area contributed by atoms with Crippen LogP contribution in [0.3, 0.4) is 0 Å². The Morgan fingerprint density at radius 3 is 2.29 bits per heavy atom. The molecule has 2 amide bonds. The molecule has 0 radical (unpaired) electrons. The van der Waals surface area contributed by atoms with Crippen molar-refractivity contribution in [2.45, 2.75) is 12.5 Å². The molecule has 3 rings (SSSR count). The molecule has 1 aliphatic heterocycles. The topological polar surface area (TPSA) is 91.1 Å². The minimum atomic E-state index is -0.700. The highest BCUT2D eigenvalue weighted by Crippen LogP contribution is 2.38.